The highest BCUT2D eigenvalue weighted by molar-refractivity contribution is 6.11. The minimum absolute atomic E-state index is 0.345. The van der Waals surface area contributed by atoms with Crippen LogP contribution in [0.15, 0.2) is 121 Å². The zero-order valence-electron chi connectivity index (χ0n) is 24.6. The van der Waals surface area contributed by atoms with Gasteiger partial charge in [0.15, 0.2) is 0 Å². The van der Waals surface area contributed by atoms with E-state index in [0.29, 0.717) is 71.8 Å². The molecular formula is C38H20F6N4. The average Bonchev–Trinajstić information content (AvgIpc) is 3.59. The molecule has 8 aromatic rings. The molecule has 48 heavy (non-hydrogen) atoms. The second-order valence-corrected chi connectivity index (χ2v) is 11.4. The van der Waals surface area contributed by atoms with Crippen molar-refractivity contribution in [1.82, 2.24) is 14.1 Å². The Morgan fingerprint density at radius 3 is 1.67 bits per heavy atom. The van der Waals surface area contributed by atoms with E-state index in [2.05, 4.69) is 11.1 Å². The Morgan fingerprint density at radius 1 is 0.542 bits per heavy atom. The van der Waals surface area contributed by atoms with Crippen molar-refractivity contribution in [1.29, 1.82) is 5.26 Å². The lowest BCUT2D eigenvalue weighted by Crippen LogP contribution is -2.04. The number of para-hydroxylation sites is 2. The van der Waals surface area contributed by atoms with E-state index in [4.69, 9.17) is 0 Å². The molecule has 0 saturated carbocycles. The fourth-order valence-corrected chi connectivity index (χ4v) is 6.55. The highest BCUT2D eigenvalue weighted by Gasteiger charge is 2.32. The third-order valence-corrected chi connectivity index (χ3v) is 8.64. The summed E-state index contributed by atoms with van der Waals surface area (Å²) in [4.78, 5) is 4.64. The first-order chi connectivity index (χ1) is 23.0. The molecule has 234 valence electrons. The summed E-state index contributed by atoms with van der Waals surface area (Å²) in [7, 11) is 0. The van der Waals surface area contributed by atoms with E-state index in [9.17, 15) is 31.6 Å². The van der Waals surface area contributed by atoms with Crippen LogP contribution in [0.3, 0.4) is 0 Å². The van der Waals surface area contributed by atoms with E-state index < -0.39 is 23.5 Å². The maximum Gasteiger partial charge on any atom is 0.416 e. The van der Waals surface area contributed by atoms with E-state index in [1.807, 2.05) is 27.3 Å². The molecule has 0 aliphatic carbocycles. The van der Waals surface area contributed by atoms with Crippen LogP contribution in [-0.2, 0) is 12.4 Å². The maximum atomic E-state index is 13.7. The van der Waals surface area contributed by atoms with Crippen LogP contribution in [0.5, 0.6) is 0 Å². The van der Waals surface area contributed by atoms with Crippen LogP contribution >= 0.6 is 0 Å². The number of rotatable bonds is 3. The van der Waals surface area contributed by atoms with Gasteiger partial charge < -0.3 is 9.13 Å². The van der Waals surface area contributed by atoms with Gasteiger partial charge in [-0.3, -0.25) is 4.98 Å². The SMILES string of the molecule is N#Cc1ccc(-n2c3ccccc3c3cc(C(F)(F)F)ccc32)c(-c2cc(-n3c4ccccc4c4cc(C(F)(F)F)ccc43)ccn2)c1. The monoisotopic (exact) mass is 646 g/mol. The molecule has 0 saturated heterocycles. The van der Waals surface area contributed by atoms with Gasteiger partial charge in [0.1, 0.15) is 0 Å². The van der Waals surface area contributed by atoms with Crippen molar-refractivity contribution in [2.75, 3.05) is 0 Å². The van der Waals surface area contributed by atoms with Crippen molar-refractivity contribution in [3.8, 4) is 28.7 Å². The summed E-state index contributed by atoms with van der Waals surface area (Å²) in [6.45, 7) is 0. The van der Waals surface area contributed by atoms with Crippen LogP contribution in [0.25, 0.3) is 66.2 Å². The van der Waals surface area contributed by atoms with Gasteiger partial charge in [-0.2, -0.15) is 31.6 Å². The maximum absolute atomic E-state index is 13.7. The molecular weight excluding hydrogens is 626 g/mol. The molecule has 0 N–H and O–H groups in total. The summed E-state index contributed by atoms with van der Waals surface area (Å²) >= 11 is 0. The van der Waals surface area contributed by atoms with E-state index in [0.717, 1.165) is 24.3 Å². The number of alkyl halides is 6. The Bertz CT molecular complexity index is 2620. The van der Waals surface area contributed by atoms with Crippen molar-refractivity contribution in [2.45, 2.75) is 12.4 Å². The first-order valence-electron chi connectivity index (χ1n) is 14.7. The predicted molar refractivity (Wildman–Crippen MR) is 173 cm³/mol. The summed E-state index contributed by atoms with van der Waals surface area (Å²) in [6.07, 6.45) is -7.45. The number of pyridine rings is 1. The molecule has 4 nitrogen and oxygen atoms in total. The lowest BCUT2D eigenvalue weighted by molar-refractivity contribution is -0.138. The van der Waals surface area contributed by atoms with Crippen LogP contribution < -0.4 is 0 Å². The number of benzene rings is 5. The van der Waals surface area contributed by atoms with Gasteiger partial charge in [0.2, 0.25) is 0 Å². The van der Waals surface area contributed by atoms with Gasteiger partial charge in [-0.25, -0.2) is 0 Å². The predicted octanol–water partition coefficient (Wildman–Crippen LogP) is 10.9. The van der Waals surface area contributed by atoms with Crippen molar-refractivity contribution in [2.24, 2.45) is 0 Å². The van der Waals surface area contributed by atoms with E-state index >= 15 is 0 Å². The van der Waals surface area contributed by atoms with Crippen molar-refractivity contribution < 1.29 is 26.3 Å². The Labute approximate surface area is 268 Å². The third-order valence-electron chi connectivity index (χ3n) is 8.64. The topological polar surface area (TPSA) is 46.5 Å². The van der Waals surface area contributed by atoms with Gasteiger partial charge >= 0.3 is 12.4 Å². The van der Waals surface area contributed by atoms with Gasteiger partial charge in [-0.05, 0) is 78.9 Å². The van der Waals surface area contributed by atoms with Crippen molar-refractivity contribution in [3.05, 3.63) is 138 Å². The number of hydrogen-bond donors (Lipinski definition) is 0. The number of halogens is 6. The number of nitriles is 1. The van der Waals surface area contributed by atoms with Crippen molar-refractivity contribution in [3.63, 3.8) is 0 Å². The molecule has 0 fully saturated rings. The van der Waals surface area contributed by atoms with E-state index in [-0.39, 0.29) is 0 Å². The molecule has 0 bridgehead atoms. The van der Waals surface area contributed by atoms with Gasteiger partial charge in [0.05, 0.1) is 56.2 Å². The first kappa shape index (κ1) is 29.3. The largest absolute Gasteiger partial charge is 0.416 e. The second-order valence-electron chi connectivity index (χ2n) is 11.4. The minimum Gasteiger partial charge on any atom is -0.309 e. The Hall–Kier alpha value is -6.08. The van der Waals surface area contributed by atoms with Crippen LogP contribution in [0.4, 0.5) is 26.3 Å². The number of nitrogens with zero attached hydrogens (tertiary/aromatic N) is 4. The molecule has 0 unspecified atom stereocenters. The summed E-state index contributed by atoms with van der Waals surface area (Å²) in [5, 5.41) is 12.0. The molecule has 0 aliphatic heterocycles. The normalized spacial score (nSPS) is 12.4. The van der Waals surface area contributed by atoms with Crippen LogP contribution in [0, 0.1) is 11.3 Å². The molecule has 10 heteroatoms. The first-order valence-corrected chi connectivity index (χ1v) is 14.7. The number of fused-ring (bicyclic) bond motifs is 6. The lowest BCUT2D eigenvalue weighted by Gasteiger charge is -2.16. The highest BCUT2D eigenvalue weighted by Crippen LogP contribution is 2.41. The molecule has 3 aromatic heterocycles. The Morgan fingerprint density at radius 2 is 1.08 bits per heavy atom. The molecule has 0 atom stereocenters. The minimum atomic E-state index is -4.53. The molecule has 0 spiro atoms. The number of aromatic nitrogens is 3. The third kappa shape index (κ3) is 4.58. The zero-order chi connectivity index (χ0) is 33.4. The summed E-state index contributed by atoms with van der Waals surface area (Å²) in [5.74, 6) is 0. The second kappa shape index (κ2) is 10.5. The molecule has 0 aliphatic rings. The van der Waals surface area contributed by atoms with Crippen LogP contribution in [0.2, 0.25) is 0 Å². The summed E-state index contributed by atoms with van der Waals surface area (Å²) < 4.78 is 86.0. The average molecular weight is 647 g/mol. The van der Waals surface area contributed by atoms with Gasteiger partial charge in [-0.15, -0.1) is 0 Å². The van der Waals surface area contributed by atoms with Gasteiger partial charge in [0, 0.05) is 39.0 Å². The van der Waals surface area contributed by atoms with E-state index in [1.165, 1.54) is 12.1 Å². The smallest absolute Gasteiger partial charge is 0.309 e. The Kier molecular flexibility index (Phi) is 6.40. The fraction of sp³-hybridized carbons (Fsp3) is 0.0526. The van der Waals surface area contributed by atoms with Crippen LogP contribution in [0.1, 0.15) is 16.7 Å². The highest BCUT2D eigenvalue weighted by atomic mass is 19.4. The van der Waals surface area contributed by atoms with Crippen molar-refractivity contribution >= 4 is 43.6 Å². The zero-order valence-corrected chi connectivity index (χ0v) is 24.6. The summed E-state index contributed by atoms with van der Waals surface area (Å²) in [5.41, 5.74) is 3.49. The number of hydrogen-bond acceptors (Lipinski definition) is 2. The molecule has 8 rings (SSSR count). The molecule has 0 radical (unpaired) electrons. The van der Waals surface area contributed by atoms with Gasteiger partial charge in [0.25, 0.3) is 0 Å². The molecule has 3 heterocycles. The van der Waals surface area contributed by atoms with Gasteiger partial charge in [-0.1, -0.05) is 36.4 Å². The summed E-state index contributed by atoms with van der Waals surface area (Å²) in [6, 6.07) is 32.4. The molecule has 0 amide bonds. The fourth-order valence-electron chi connectivity index (χ4n) is 6.55. The standard InChI is InChI=1S/C38H20F6N4/c39-37(40,41)23-10-13-34-28(18-23)26-5-1-3-7-32(26)47(34)25-15-16-46-31(20-25)30-17-22(21-45)9-12-36(30)48-33-8-4-2-6-27(33)29-19-24(38(42,43)44)11-14-35(29)48/h1-20H. The van der Waals surface area contributed by atoms with Crippen LogP contribution in [-0.4, -0.2) is 14.1 Å². The Balaban J connectivity index is 1.38. The quantitative estimate of drug-likeness (QED) is 0.179. The van der Waals surface area contributed by atoms with E-state index in [1.54, 1.807) is 66.9 Å². The molecule has 5 aromatic carbocycles. The lowest BCUT2D eigenvalue weighted by atomic mass is 10.0.